The molecule has 0 saturated carbocycles. The Morgan fingerprint density at radius 3 is 2.53 bits per heavy atom. The smallest absolute Gasteiger partial charge is 0.316 e. The predicted molar refractivity (Wildman–Crippen MR) is 67.6 cm³/mol. The van der Waals surface area contributed by atoms with Crippen LogP contribution in [0.5, 0.6) is 0 Å². The normalized spacial score (nSPS) is 11.6. The van der Waals surface area contributed by atoms with Crippen LogP contribution in [0.4, 0.5) is 0 Å². The molecule has 0 aliphatic rings. The van der Waals surface area contributed by atoms with Crippen LogP contribution in [0.1, 0.15) is 24.2 Å². The molecule has 1 aromatic heterocycles. The molecule has 0 spiro atoms. The van der Waals surface area contributed by atoms with Gasteiger partial charge in [0, 0.05) is 21.0 Å². The summed E-state index contributed by atoms with van der Waals surface area (Å²) < 4.78 is 0.997. The number of ketones is 1. The third-order valence-electron chi connectivity index (χ3n) is 2.83. The lowest BCUT2D eigenvalue weighted by atomic mass is 9.84. The van der Waals surface area contributed by atoms with E-state index in [-0.39, 0.29) is 5.78 Å². The molecule has 1 heterocycles. The molecule has 1 N–H and O–H groups in total. The number of hydrogen-bond donors (Lipinski definition) is 1. The standard InChI is InChI=1S/C13H12O3S/c1-13(2,12(15)16)11(14)9-7-17-10-6-4-3-5-8(9)10/h3-7H,1-2H3,(H,15,16). The van der Waals surface area contributed by atoms with E-state index < -0.39 is 11.4 Å². The number of rotatable bonds is 3. The summed E-state index contributed by atoms with van der Waals surface area (Å²) in [5, 5.41) is 11.6. The van der Waals surface area contributed by atoms with Crippen molar-refractivity contribution in [2.75, 3.05) is 0 Å². The highest BCUT2D eigenvalue weighted by molar-refractivity contribution is 7.17. The maximum atomic E-state index is 12.2. The maximum Gasteiger partial charge on any atom is 0.316 e. The van der Waals surface area contributed by atoms with E-state index in [1.807, 2.05) is 24.3 Å². The monoisotopic (exact) mass is 248 g/mol. The van der Waals surface area contributed by atoms with Crippen molar-refractivity contribution < 1.29 is 14.7 Å². The number of thiophene rings is 1. The van der Waals surface area contributed by atoms with E-state index in [1.54, 1.807) is 5.38 Å². The summed E-state index contributed by atoms with van der Waals surface area (Å²) in [5.74, 6) is -1.44. The minimum atomic E-state index is -1.39. The molecule has 0 saturated heterocycles. The second-order valence-corrected chi connectivity index (χ2v) is 5.32. The van der Waals surface area contributed by atoms with Gasteiger partial charge >= 0.3 is 5.97 Å². The Hall–Kier alpha value is -1.68. The molecule has 0 bridgehead atoms. The van der Waals surface area contributed by atoms with Crippen molar-refractivity contribution in [2.24, 2.45) is 5.41 Å². The summed E-state index contributed by atoms with van der Waals surface area (Å²) in [6, 6.07) is 7.51. The Morgan fingerprint density at radius 2 is 1.88 bits per heavy atom. The first-order chi connectivity index (χ1) is 7.94. The second-order valence-electron chi connectivity index (χ2n) is 4.40. The van der Waals surface area contributed by atoms with E-state index >= 15 is 0 Å². The lowest BCUT2D eigenvalue weighted by Crippen LogP contribution is -2.33. The summed E-state index contributed by atoms with van der Waals surface area (Å²) in [6.07, 6.45) is 0. The van der Waals surface area contributed by atoms with Crippen molar-refractivity contribution in [2.45, 2.75) is 13.8 Å². The number of carboxylic acids is 1. The summed E-state index contributed by atoms with van der Waals surface area (Å²) in [5.41, 5.74) is -0.887. The molecule has 0 unspecified atom stereocenters. The molecule has 0 amide bonds. The Balaban J connectivity index is 2.55. The van der Waals surface area contributed by atoms with Crippen molar-refractivity contribution in [3.63, 3.8) is 0 Å². The number of Topliss-reactive ketones (excluding diaryl/α,β-unsaturated/α-hetero) is 1. The van der Waals surface area contributed by atoms with Crippen LogP contribution in [0.25, 0.3) is 10.1 Å². The third-order valence-corrected chi connectivity index (χ3v) is 3.79. The largest absolute Gasteiger partial charge is 0.481 e. The molecule has 4 heteroatoms. The van der Waals surface area contributed by atoms with Crippen LogP contribution in [0, 0.1) is 5.41 Å². The van der Waals surface area contributed by atoms with E-state index in [0.29, 0.717) is 5.56 Å². The van der Waals surface area contributed by atoms with E-state index in [4.69, 9.17) is 5.11 Å². The molecule has 88 valence electrons. The lowest BCUT2D eigenvalue weighted by molar-refractivity contribution is -0.144. The van der Waals surface area contributed by atoms with Gasteiger partial charge in [-0.15, -0.1) is 11.3 Å². The van der Waals surface area contributed by atoms with Crippen LogP contribution < -0.4 is 0 Å². The van der Waals surface area contributed by atoms with Crippen LogP contribution >= 0.6 is 11.3 Å². The number of benzene rings is 1. The second kappa shape index (κ2) is 3.96. The summed E-state index contributed by atoms with van der Waals surface area (Å²) >= 11 is 1.46. The molecule has 3 nitrogen and oxygen atoms in total. The molecule has 2 aromatic rings. The Kier molecular flexibility index (Phi) is 2.75. The van der Waals surface area contributed by atoms with Gasteiger partial charge in [-0.2, -0.15) is 0 Å². The van der Waals surface area contributed by atoms with E-state index in [0.717, 1.165) is 10.1 Å². The first kappa shape index (κ1) is 11.8. The number of fused-ring (bicyclic) bond motifs is 1. The van der Waals surface area contributed by atoms with Crippen molar-refractivity contribution in [1.29, 1.82) is 0 Å². The summed E-state index contributed by atoms with van der Waals surface area (Å²) in [4.78, 5) is 23.3. The van der Waals surface area contributed by atoms with Crippen molar-refractivity contribution in [1.82, 2.24) is 0 Å². The fourth-order valence-corrected chi connectivity index (χ4v) is 2.53. The molecule has 0 fully saturated rings. The molecular formula is C13H12O3S. The highest BCUT2D eigenvalue weighted by Gasteiger charge is 2.37. The number of carbonyl (C=O) groups excluding carboxylic acids is 1. The SMILES string of the molecule is CC(C)(C(=O)O)C(=O)c1csc2ccccc12. The Labute approximate surface area is 103 Å². The molecule has 0 atom stereocenters. The fourth-order valence-electron chi connectivity index (χ4n) is 1.59. The van der Waals surface area contributed by atoms with Crippen LogP contribution in [-0.2, 0) is 4.79 Å². The highest BCUT2D eigenvalue weighted by Crippen LogP contribution is 2.31. The van der Waals surface area contributed by atoms with Gasteiger partial charge in [-0.1, -0.05) is 18.2 Å². The molecular weight excluding hydrogens is 236 g/mol. The van der Waals surface area contributed by atoms with Gasteiger partial charge in [0.2, 0.25) is 0 Å². The lowest BCUT2D eigenvalue weighted by Gasteiger charge is -2.16. The first-order valence-electron chi connectivity index (χ1n) is 5.19. The topological polar surface area (TPSA) is 54.4 Å². The minimum Gasteiger partial charge on any atom is -0.481 e. The molecule has 0 aliphatic carbocycles. The zero-order valence-electron chi connectivity index (χ0n) is 9.56. The van der Waals surface area contributed by atoms with Crippen LogP contribution in [-0.4, -0.2) is 16.9 Å². The van der Waals surface area contributed by atoms with Gasteiger partial charge in [0.15, 0.2) is 5.78 Å². The van der Waals surface area contributed by atoms with E-state index in [9.17, 15) is 9.59 Å². The van der Waals surface area contributed by atoms with E-state index in [1.165, 1.54) is 25.2 Å². The van der Waals surface area contributed by atoms with Crippen molar-refractivity contribution in [3.8, 4) is 0 Å². The summed E-state index contributed by atoms with van der Waals surface area (Å²) in [7, 11) is 0. The van der Waals surface area contributed by atoms with Gasteiger partial charge in [0.1, 0.15) is 5.41 Å². The highest BCUT2D eigenvalue weighted by atomic mass is 32.1. The van der Waals surface area contributed by atoms with Crippen LogP contribution in [0.15, 0.2) is 29.6 Å². The number of carboxylic acid groups (broad SMARTS) is 1. The quantitative estimate of drug-likeness (QED) is 0.670. The average molecular weight is 248 g/mol. The van der Waals surface area contributed by atoms with Gasteiger partial charge in [-0.05, 0) is 19.9 Å². The Bertz CT molecular complexity index is 595. The number of hydrogen-bond acceptors (Lipinski definition) is 3. The summed E-state index contributed by atoms with van der Waals surface area (Å²) in [6.45, 7) is 2.87. The van der Waals surface area contributed by atoms with Crippen molar-refractivity contribution >= 4 is 33.2 Å². The van der Waals surface area contributed by atoms with Gasteiger partial charge in [-0.25, -0.2) is 0 Å². The third kappa shape index (κ3) is 1.85. The maximum absolute atomic E-state index is 12.2. The fraction of sp³-hybridized carbons (Fsp3) is 0.231. The van der Waals surface area contributed by atoms with Crippen LogP contribution in [0.2, 0.25) is 0 Å². The zero-order valence-corrected chi connectivity index (χ0v) is 10.4. The minimum absolute atomic E-state index is 0.345. The molecule has 0 radical (unpaired) electrons. The zero-order chi connectivity index (χ0) is 12.6. The first-order valence-corrected chi connectivity index (χ1v) is 6.07. The Morgan fingerprint density at radius 1 is 1.24 bits per heavy atom. The number of aliphatic carboxylic acids is 1. The van der Waals surface area contributed by atoms with Gasteiger partial charge in [0.05, 0.1) is 0 Å². The molecule has 2 rings (SSSR count). The van der Waals surface area contributed by atoms with Gasteiger partial charge < -0.3 is 5.11 Å². The predicted octanol–water partition coefficient (Wildman–Crippen LogP) is 3.19. The van der Waals surface area contributed by atoms with Gasteiger partial charge in [0.25, 0.3) is 0 Å². The van der Waals surface area contributed by atoms with Gasteiger partial charge in [-0.3, -0.25) is 9.59 Å². The average Bonchev–Trinajstić information content (AvgIpc) is 2.71. The van der Waals surface area contributed by atoms with E-state index in [2.05, 4.69) is 0 Å². The molecule has 1 aromatic carbocycles. The molecule has 0 aliphatic heterocycles. The molecule has 17 heavy (non-hydrogen) atoms. The van der Waals surface area contributed by atoms with Crippen molar-refractivity contribution in [3.05, 3.63) is 35.2 Å². The number of carbonyl (C=O) groups is 2. The van der Waals surface area contributed by atoms with Crippen LogP contribution in [0.3, 0.4) is 0 Å².